The van der Waals surface area contributed by atoms with Gasteiger partial charge in [-0.2, -0.15) is 0 Å². The fourth-order valence-corrected chi connectivity index (χ4v) is 4.51. The molecule has 6 nitrogen and oxygen atoms in total. The van der Waals surface area contributed by atoms with Crippen molar-refractivity contribution in [2.75, 3.05) is 30.5 Å². The van der Waals surface area contributed by atoms with Crippen molar-refractivity contribution in [2.24, 2.45) is 4.99 Å². The van der Waals surface area contributed by atoms with Crippen molar-refractivity contribution in [2.45, 2.75) is 6.17 Å². The van der Waals surface area contributed by atoms with E-state index in [1.807, 2.05) is 18.2 Å². The third-order valence-electron chi connectivity index (χ3n) is 5.78. The van der Waals surface area contributed by atoms with Gasteiger partial charge in [0.15, 0.2) is 11.5 Å². The number of nitrogens with zero attached hydrogens (tertiary/aromatic N) is 2. The van der Waals surface area contributed by atoms with Gasteiger partial charge in [-0.15, -0.1) is 0 Å². The molecule has 160 valence electrons. The summed E-state index contributed by atoms with van der Waals surface area (Å²) >= 11 is 3.53. The fraction of sp³-hybridized carbons (Fsp3) is 0.160. The van der Waals surface area contributed by atoms with Gasteiger partial charge in [0.1, 0.15) is 31.9 Å². The van der Waals surface area contributed by atoms with Gasteiger partial charge in [-0.3, -0.25) is 0 Å². The van der Waals surface area contributed by atoms with Crippen molar-refractivity contribution < 1.29 is 9.47 Å². The highest BCUT2D eigenvalue weighted by Gasteiger charge is 2.32. The van der Waals surface area contributed by atoms with Gasteiger partial charge in [0.2, 0.25) is 0 Å². The molecule has 1 atom stereocenters. The molecule has 6 rings (SSSR count). The molecule has 3 aromatic rings. The number of rotatable bonds is 2. The molecule has 3 aliphatic rings. The van der Waals surface area contributed by atoms with Crippen LogP contribution >= 0.6 is 15.9 Å². The molecule has 3 aliphatic heterocycles. The van der Waals surface area contributed by atoms with Crippen molar-refractivity contribution >= 4 is 38.8 Å². The number of amidine groups is 1. The zero-order chi connectivity index (χ0) is 21.5. The molecule has 0 bridgehead atoms. The topological polar surface area (TPSA) is 58.1 Å². The lowest BCUT2D eigenvalue weighted by Gasteiger charge is -2.42. The van der Waals surface area contributed by atoms with Gasteiger partial charge in [-0.25, -0.2) is 4.99 Å². The lowest BCUT2D eigenvalue weighted by molar-refractivity contribution is 0.171. The summed E-state index contributed by atoms with van der Waals surface area (Å²) in [5.74, 6) is 2.36. The van der Waals surface area contributed by atoms with E-state index in [-0.39, 0.29) is 6.17 Å². The van der Waals surface area contributed by atoms with E-state index in [0.29, 0.717) is 19.9 Å². The van der Waals surface area contributed by atoms with E-state index in [0.717, 1.165) is 44.4 Å². The Kier molecular flexibility index (Phi) is 4.76. The lowest BCUT2D eigenvalue weighted by Crippen LogP contribution is -2.39. The van der Waals surface area contributed by atoms with Crippen LogP contribution in [0.1, 0.15) is 17.3 Å². The molecule has 0 radical (unpaired) electrons. The molecule has 0 fully saturated rings. The van der Waals surface area contributed by atoms with E-state index in [9.17, 15) is 0 Å². The summed E-state index contributed by atoms with van der Waals surface area (Å²) in [5.41, 5.74) is 5.53. The second kappa shape index (κ2) is 7.91. The summed E-state index contributed by atoms with van der Waals surface area (Å²) in [6.07, 6.45) is 2.12. The van der Waals surface area contributed by atoms with Crippen molar-refractivity contribution in [3.05, 3.63) is 88.4 Å². The first-order chi connectivity index (χ1) is 15.7. The van der Waals surface area contributed by atoms with Crippen molar-refractivity contribution in [3.8, 4) is 11.5 Å². The minimum absolute atomic E-state index is 0.00356. The Balaban J connectivity index is 1.33. The van der Waals surface area contributed by atoms with Crippen molar-refractivity contribution in [1.29, 1.82) is 0 Å². The molecule has 32 heavy (non-hydrogen) atoms. The molecule has 3 heterocycles. The predicted octanol–water partition coefficient (Wildman–Crippen LogP) is 5.47. The van der Waals surface area contributed by atoms with Gasteiger partial charge in [0, 0.05) is 33.6 Å². The molecule has 0 aliphatic carbocycles. The van der Waals surface area contributed by atoms with Gasteiger partial charge < -0.3 is 25.0 Å². The highest BCUT2D eigenvalue weighted by molar-refractivity contribution is 9.10. The van der Waals surface area contributed by atoms with Gasteiger partial charge in [-0.1, -0.05) is 46.3 Å². The summed E-state index contributed by atoms with van der Waals surface area (Å²) in [6.45, 7) is 1.69. The number of anilines is 2. The van der Waals surface area contributed by atoms with E-state index < -0.39 is 0 Å². The van der Waals surface area contributed by atoms with E-state index in [4.69, 9.17) is 14.5 Å². The molecular weight excluding hydrogens is 468 g/mol. The molecular formula is C25H21BrN4O2. The average molecular weight is 489 g/mol. The molecule has 0 spiro atoms. The number of hydrogen-bond acceptors (Lipinski definition) is 6. The first-order valence-corrected chi connectivity index (χ1v) is 11.3. The van der Waals surface area contributed by atoms with Crippen LogP contribution < -0.4 is 20.1 Å². The average Bonchev–Trinajstić information content (AvgIpc) is 2.84. The Hall–Kier alpha value is -3.45. The highest BCUT2D eigenvalue weighted by atomic mass is 79.9. The van der Waals surface area contributed by atoms with E-state index in [2.05, 4.69) is 86.1 Å². The number of para-hydroxylation sites is 1. The molecule has 3 aromatic carbocycles. The third kappa shape index (κ3) is 3.48. The monoisotopic (exact) mass is 488 g/mol. The number of fused-ring (bicyclic) bond motifs is 4. The summed E-state index contributed by atoms with van der Waals surface area (Å²) in [4.78, 5) is 7.11. The van der Waals surface area contributed by atoms with Crippen LogP contribution in [0.3, 0.4) is 0 Å². The minimum atomic E-state index is 0.00356. The fourth-order valence-electron chi connectivity index (χ4n) is 4.25. The Morgan fingerprint density at radius 1 is 0.969 bits per heavy atom. The lowest BCUT2D eigenvalue weighted by atomic mass is 10.00. The van der Waals surface area contributed by atoms with Gasteiger partial charge in [-0.05, 0) is 35.9 Å². The Bertz CT molecular complexity index is 1240. The Morgan fingerprint density at radius 2 is 1.78 bits per heavy atom. The van der Waals surface area contributed by atoms with Crippen LogP contribution in [-0.2, 0) is 0 Å². The summed E-state index contributed by atoms with van der Waals surface area (Å²) < 4.78 is 12.4. The van der Waals surface area contributed by atoms with Crippen LogP contribution in [0.25, 0.3) is 5.70 Å². The van der Waals surface area contributed by atoms with Crippen LogP contribution in [0.4, 0.5) is 11.4 Å². The summed E-state index contributed by atoms with van der Waals surface area (Å²) in [5, 5.41) is 7.12. The van der Waals surface area contributed by atoms with Crippen LogP contribution in [-0.4, -0.2) is 30.6 Å². The first kappa shape index (κ1) is 19.3. The van der Waals surface area contributed by atoms with E-state index in [1.165, 1.54) is 5.56 Å². The van der Waals surface area contributed by atoms with Crippen LogP contribution in [0.2, 0.25) is 0 Å². The zero-order valence-electron chi connectivity index (χ0n) is 17.2. The van der Waals surface area contributed by atoms with Crippen LogP contribution in [0, 0.1) is 0 Å². The predicted molar refractivity (Wildman–Crippen MR) is 130 cm³/mol. The number of benzene rings is 3. The summed E-state index contributed by atoms with van der Waals surface area (Å²) in [7, 11) is 0. The van der Waals surface area contributed by atoms with Crippen LogP contribution in [0.15, 0.2) is 82.3 Å². The first-order valence-electron chi connectivity index (χ1n) is 10.6. The molecule has 2 N–H and O–H groups in total. The maximum absolute atomic E-state index is 5.72. The number of hydrogen-bond donors (Lipinski definition) is 2. The zero-order valence-corrected chi connectivity index (χ0v) is 18.8. The second-order valence-electron chi connectivity index (χ2n) is 7.81. The summed E-state index contributed by atoms with van der Waals surface area (Å²) in [6, 6.07) is 22.7. The SMILES string of the molecule is Brc1ccc(C2Nc3ccccc3C3=CC(Nc4ccc5c(c4)OCCO5)=NCN32)cc1. The Morgan fingerprint density at radius 3 is 2.66 bits per heavy atom. The van der Waals surface area contributed by atoms with Crippen LogP contribution in [0.5, 0.6) is 11.5 Å². The largest absolute Gasteiger partial charge is 0.486 e. The van der Waals surface area contributed by atoms with Crippen molar-refractivity contribution in [3.63, 3.8) is 0 Å². The second-order valence-corrected chi connectivity index (χ2v) is 8.73. The van der Waals surface area contributed by atoms with E-state index >= 15 is 0 Å². The van der Waals surface area contributed by atoms with Gasteiger partial charge in [0.05, 0.1) is 5.70 Å². The van der Waals surface area contributed by atoms with Gasteiger partial charge >= 0.3 is 0 Å². The normalized spacial score (nSPS) is 18.5. The molecule has 0 amide bonds. The van der Waals surface area contributed by atoms with Gasteiger partial charge in [0.25, 0.3) is 0 Å². The number of halogens is 1. The minimum Gasteiger partial charge on any atom is -0.486 e. The smallest absolute Gasteiger partial charge is 0.163 e. The molecule has 0 saturated heterocycles. The highest BCUT2D eigenvalue weighted by Crippen LogP contribution is 2.41. The standard InChI is InChI=1S/C25H21BrN4O2/c26-17-7-5-16(6-8-17)25-29-20-4-2-1-3-19(20)21-14-24(27-15-30(21)25)28-18-9-10-22-23(13-18)32-12-11-31-22/h1-10,13-14,25,29H,11-12,15H2,(H,27,28). The number of aliphatic imine (C=N–C) groups is 1. The quantitative estimate of drug-likeness (QED) is 0.500. The molecule has 7 heteroatoms. The number of nitrogens with one attached hydrogen (secondary N) is 2. The maximum atomic E-state index is 5.72. The maximum Gasteiger partial charge on any atom is 0.163 e. The third-order valence-corrected chi connectivity index (χ3v) is 6.31. The molecule has 0 aromatic heterocycles. The molecule has 1 unspecified atom stereocenters. The number of ether oxygens (including phenoxy) is 2. The molecule has 0 saturated carbocycles. The van der Waals surface area contributed by atoms with E-state index in [1.54, 1.807) is 0 Å². The van der Waals surface area contributed by atoms with Crippen molar-refractivity contribution in [1.82, 2.24) is 4.90 Å². The Labute approximate surface area is 194 Å².